The van der Waals surface area contributed by atoms with Crippen LogP contribution in [-0.4, -0.2) is 53.4 Å². The van der Waals surface area contributed by atoms with Crippen LogP contribution in [-0.2, 0) is 9.53 Å². The summed E-state index contributed by atoms with van der Waals surface area (Å²) in [7, 11) is 1.33. The van der Waals surface area contributed by atoms with Crippen molar-refractivity contribution >= 4 is 12.1 Å². The summed E-state index contributed by atoms with van der Waals surface area (Å²) >= 11 is 0. The molecule has 1 saturated heterocycles. The highest BCUT2D eigenvalue weighted by atomic mass is 19.1. The molecule has 0 spiro atoms. The van der Waals surface area contributed by atoms with E-state index in [-0.39, 0.29) is 29.7 Å². The Hall–Kier alpha value is -3.16. The number of hydrogen-bond acceptors (Lipinski definition) is 5. The molecule has 29 heavy (non-hydrogen) atoms. The van der Waals surface area contributed by atoms with Crippen molar-refractivity contribution in [3.8, 4) is 17.1 Å². The maximum absolute atomic E-state index is 13.3. The Bertz CT molecular complexity index is 937. The number of rotatable bonds is 5. The van der Waals surface area contributed by atoms with Crippen molar-refractivity contribution < 1.29 is 28.6 Å². The molecule has 4 rings (SSSR count). The fourth-order valence-electron chi connectivity index (χ4n) is 3.86. The van der Waals surface area contributed by atoms with E-state index in [0.717, 1.165) is 0 Å². The lowest BCUT2D eigenvalue weighted by atomic mass is 9.99. The first-order valence-electron chi connectivity index (χ1n) is 9.37. The van der Waals surface area contributed by atoms with E-state index in [1.165, 1.54) is 24.1 Å². The van der Waals surface area contributed by atoms with Gasteiger partial charge in [-0.05, 0) is 42.8 Å². The van der Waals surface area contributed by atoms with Crippen LogP contribution in [0.2, 0.25) is 0 Å². The molecule has 0 bridgehead atoms. The molecular formula is C21H21FN2O5. The Balaban J connectivity index is 1.60. The number of carboxylic acid groups (broad SMARTS) is 1. The van der Waals surface area contributed by atoms with Gasteiger partial charge in [0.25, 0.3) is 0 Å². The molecule has 2 unspecified atom stereocenters. The second-order valence-electron chi connectivity index (χ2n) is 7.47. The number of aromatic nitrogens is 1. The minimum Gasteiger partial charge on any atom is -0.474 e. The largest absolute Gasteiger partial charge is 0.474 e. The number of likely N-dealkylation sites (tertiary alicyclic amines) is 1. The molecule has 1 aliphatic carbocycles. The van der Waals surface area contributed by atoms with E-state index in [1.54, 1.807) is 31.2 Å². The predicted octanol–water partition coefficient (Wildman–Crippen LogP) is 3.15. The summed E-state index contributed by atoms with van der Waals surface area (Å²) in [6.45, 7) is 2.64. The molecule has 2 aliphatic rings. The topological polar surface area (TPSA) is 89.0 Å². The Morgan fingerprint density at radius 2 is 1.86 bits per heavy atom. The van der Waals surface area contributed by atoms with Gasteiger partial charge in [0.2, 0.25) is 5.88 Å². The second kappa shape index (κ2) is 7.35. The van der Waals surface area contributed by atoms with Crippen molar-refractivity contribution in [1.82, 2.24) is 9.88 Å². The summed E-state index contributed by atoms with van der Waals surface area (Å²) in [5, 5.41) is 9.08. The maximum atomic E-state index is 13.3. The molecule has 2 fully saturated rings. The van der Waals surface area contributed by atoms with E-state index in [4.69, 9.17) is 14.6 Å². The van der Waals surface area contributed by atoms with Gasteiger partial charge in [-0.25, -0.2) is 14.2 Å². The van der Waals surface area contributed by atoms with Crippen LogP contribution in [0.15, 0.2) is 36.4 Å². The van der Waals surface area contributed by atoms with E-state index in [0.29, 0.717) is 35.8 Å². The van der Waals surface area contributed by atoms with Gasteiger partial charge in [0.05, 0.1) is 18.7 Å². The summed E-state index contributed by atoms with van der Waals surface area (Å²) in [6.07, 6.45) is -1.01. The molecule has 1 N–H and O–H groups in total. The summed E-state index contributed by atoms with van der Waals surface area (Å²) in [4.78, 5) is 29.0. The van der Waals surface area contributed by atoms with Gasteiger partial charge < -0.3 is 19.5 Å². The zero-order valence-corrected chi connectivity index (χ0v) is 16.0. The minimum absolute atomic E-state index is 0.0946. The summed E-state index contributed by atoms with van der Waals surface area (Å²) in [5.74, 6) is -0.581. The van der Waals surface area contributed by atoms with E-state index in [1.807, 2.05) is 0 Å². The molecule has 1 aliphatic heterocycles. The first-order valence-corrected chi connectivity index (χ1v) is 9.37. The molecule has 2 aromatic rings. The van der Waals surface area contributed by atoms with Crippen LogP contribution in [0.3, 0.4) is 0 Å². The predicted molar refractivity (Wildman–Crippen MR) is 101 cm³/mol. The molecule has 0 radical (unpaired) electrons. The van der Waals surface area contributed by atoms with Crippen molar-refractivity contribution in [2.24, 2.45) is 11.8 Å². The number of ether oxygens (including phenoxy) is 2. The first-order chi connectivity index (χ1) is 13.9. The van der Waals surface area contributed by atoms with Gasteiger partial charge >= 0.3 is 12.1 Å². The molecule has 1 amide bonds. The maximum Gasteiger partial charge on any atom is 0.407 e. The number of piperidine rings is 1. The van der Waals surface area contributed by atoms with Crippen LogP contribution < -0.4 is 4.74 Å². The number of benzene rings is 1. The van der Waals surface area contributed by atoms with Gasteiger partial charge in [-0.3, -0.25) is 4.79 Å². The highest BCUT2D eigenvalue weighted by molar-refractivity contribution is 5.78. The normalized spacial score (nSPS) is 23.3. The standard InChI is InChI=1S/C21H21FN2O5/c1-11(20(25)28-2)13-7-17(12-3-5-14(22)6-4-12)23-18(8-13)29-19-15-9-24(21(26)27)10-16(15)19/h3-8,11,15-16,19H,9-10H2,1-2H3,(H,26,27)/t11?,15-,16+,19?. The molecule has 2 heterocycles. The molecule has 1 aromatic carbocycles. The third kappa shape index (κ3) is 3.74. The van der Waals surface area contributed by atoms with Crippen molar-refractivity contribution in [3.63, 3.8) is 0 Å². The number of fused-ring (bicyclic) bond motifs is 1. The van der Waals surface area contributed by atoms with Gasteiger partial charge in [0, 0.05) is 36.6 Å². The average Bonchev–Trinajstić information content (AvgIpc) is 3.13. The van der Waals surface area contributed by atoms with Crippen LogP contribution in [0.5, 0.6) is 5.88 Å². The van der Waals surface area contributed by atoms with Gasteiger partial charge in [-0.1, -0.05) is 0 Å². The lowest BCUT2D eigenvalue weighted by Crippen LogP contribution is -2.31. The lowest BCUT2D eigenvalue weighted by molar-refractivity contribution is -0.141. The van der Waals surface area contributed by atoms with Crippen molar-refractivity contribution in [3.05, 3.63) is 47.8 Å². The zero-order chi connectivity index (χ0) is 20.7. The molecule has 1 saturated carbocycles. The van der Waals surface area contributed by atoms with Crippen molar-refractivity contribution in [2.45, 2.75) is 18.9 Å². The number of esters is 1. The van der Waals surface area contributed by atoms with Crippen LogP contribution in [0, 0.1) is 17.7 Å². The third-order valence-corrected chi connectivity index (χ3v) is 5.66. The average molecular weight is 400 g/mol. The number of carbonyl (C=O) groups is 2. The SMILES string of the molecule is COC(=O)C(C)c1cc(OC2[C@H]3CN(C(=O)O)C[C@@H]23)nc(-c2ccc(F)cc2)c1. The van der Waals surface area contributed by atoms with E-state index in [2.05, 4.69) is 4.98 Å². The third-order valence-electron chi connectivity index (χ3n) is 5.66. The fraction of sp³-hybridized carbons (Fsp3) is 0.381. The highest BCUT2D eigenvalue weighted by Crippen LogP contribution is 2.48. The Kier molecular flexibility index (Phi) is 4.86. The minimum atomic E-state index is -0.915. The highest BCUT2D eigenvalue weighted by Gasteiger charge is 2.59. The first kappa shape index (κ1) is 19.2. The fourth-order valence-corrected chi connectivity index (χ4v) is 3.86. The number of nitrogens with zero attached hydrogens (tertiary/aromatic N) is 2. The van der Waals surface area contributed by atoms with Gasteiger partial charge in [-0.15, -0.1) is 0 Å². The van der Waals surface area contributed by atoms with Crippen LogP contribution in [0.4, 0.5) is 9.18 Å². The van der Waals surface area contributed by atoms with E-state index >= 15 is 0 Å². The van der Waals surface area contributed by atoms with Gasteiger partial charge in [0.1, 0.15) is 11.9 Å². The molecule has 1 aromatic heterocycles. The van der Waals surface area contributed by atoms with Crippen LogP contribution in [0.1, 0.15) is 18.4 Å². The number of carbonyl (C=O) groups excluding carboxylic acids is 1. The summed E-state index contributed by atoms with van der Waals surface area (Å²) < 4.78 is 24.2. The molecule has 4 atom stereocenters. The Morgan fingerprint density at radius 3 is 2.45 bits per heavy atom. The smallest absolute Gasteiger partial charge is 0.407 e. The van der Waals surface area contributed by atoms with Crippen LogP contribution in [0.25, 0.3) is 11.3 Å². The number of pyridine rings is 1. The van der Waals surface area contributed by atoms with Gasteiger partial charge in [0.15, 0.2) is 0 Å². The zero-order valence-electron chi connectivity index (χ0n) is 16.0. The Morgan fingerprint density at radius 1 is 1.21 bits per heavy atom. The second-order valence-corrected chi connectivity index (χ2v) is 7.47. The van der Waals surface area contributed by atoms with E-state index in [9.17, 15) is 14.0 Å². The lowest BCUT2D eigenvalue weighted by Gasteiger charge is -2.18. The molecule has 8 heteroatoms. The number of halogens is 1. The molecule has 7 nitrogen and oxygen atoms in total. The van der Waals surface area contributed by atoms with Crippen molar-refractivity contribution in [1.29, 1.82) is 0 Å². The molecular weight excluding hydrogens is 379 g/mol. The van der Waals surface area contributed by atoms with Crippen LogP contribution >= 0.6 is 0 Å². The number of hydrogen-bond donors (Lipinski definition) is 1. The monoisotopic (exact) mass is 400 g/mol. The summed E-state index contributed by atoms with van der Waals surface area (Å²) in [5.41, 5.74) is 1.94. The molecule has 152 valence electrons. The summed E-state index contributed by atoms with van der Waals surface area (Å²) in [6, 6.07) is 9.40. The number of amides is 1. The van der Waals surface area contributed by atoms with Gasteiger partial charge in [-0.2, -0.15) is 0 Å². The quantitative estimate of drug-likeness (QED) is 0.776. The Labute approximate surface area is 167 Å². The number of methoxy groups -OCH3 is 1. The van der Waals surface area contributed by atoms with E-state index < -0.39 is 12.0 Å². The van der Waals surface area contributed by atoms with Crippen molar-refractivity contribution in [2.75, 3.05) is 20.2 Å².